The molecule has 1 atom stereocenters. The molecule has 0 heterocycles. The topological polar surface area (TPSA) is 54.4 Å². The van der Waals surface area contributed by atoms with E-state index in [4.69, 9.17) is 4.55 Å². The van der Waals surface area contributed by atoms with E-state index in [9.17, 15) is 43.5 Å². The number of hydrogen-bond acceptors (Lipinski definition) is 3. The standard InChI is InChI=1S/C16H10F8O3S2/c17-13(29(25,26)27,14(18,19)15(20,21)16(22,23)24)10-6-8-12(9-7-10)28-11-4-2-1-3-5-11/h1-9H,(H,25,26,27). The molecule has 1 unspecified atom stereocenters. The lowest BCUT2D eigenvalue weighted by molar-refractivity contribution is -0.372. The molecule has 3 nitrogen and oxygen atoms in total. The van der Waals surface area contributed by atoms with Crippen LogP contribution in [0.15, 0.2) is 64.4 Å². The molecule has 0 fully saturated rings. The quantitative estimate of drug-likeness (QED) is 0.440. The lowest BCUT2D eigenvalue weighted by Crippen LogP contribution is -2.63. The minimum absolute atomic E-state index is 0.198. The molecule has 0 aliphatic rings. The van der Waals surface area contributed by atoms with Crippen LogP contribution < -0.4 is 0 Å². The Bertz CT molecular complexity index is 960. The highest BCUT2D eigenvalue weighted by molar-refractivity contribution is 7.99. The zero-order valence-electron chi connectivity index (χ0n) is 13.8. The summed E-state index contributed by atoms with van der Waals surface area (Å²) < 4.78 is 138. The molecule has 1 N–H and O–H groups in total. The van der Waals surface area contributed by atoms with Gasteiger partial charge in [0.15, 0.2) is 0 Å². The molecular formula is C16H10F8O3S2. The summed E-state index contributed by atoms with van der Waals surface area (Å²) in [6.07, 6.45) is -7.00. The van der Waals surface area contributed by atoms with Crippen LogP contribution in [0.5, 0.6) is 0 Å². The third-order valence-electron chi connectivity index (χ3n) is 3.71. The molecule has 0 saturated heterocycles. The van der Waals surface area contributed by atoms with Crippen LogP contribution in [0.4, 0.5) is 35.1 Å². The highest BCUT2D eigenvalue weighted by atomic mass is 32.2. The van der Waals surface area contributed by atoms with Gasteiger partial charge in [-0.25, -0.2) is 4.39 Å². The molecule has 2 aromatic rings. The summed E-state index contributed by atoms with van der Waals surface area (Å²) in [4.78, 5) is 0.805. The van der Waals surface area contributed by atoms with Crippen LogP contribution in [0.2, 0.25) is 0 Å². The fraction of sp³-hybridized carbons (Fsp3) is 0.250. The highest BCUT2D eigenvalue weighted by Gasteiger charge is 2.84. The van der Waals surface area contributed by atoms with Crippen LogP contribution in [0, 0.1) is 0 Å². The van der Waals surface area contributed by atoms with Gasteiger partial charge >= 0.3 is 33.1 Å². The molecule has 160 valence electrons. The number of benzene rings is 2. The average Bonchev–Trinajstić information content (AvgIpc) is 2.60. The lowest BCUT2D eigenvalue weighted by atomic mass is 9.98. The summed E-state index contributed by atoms with van der Waals surface area (Å²) in [6.45, 7) is 0. The van der Waals surface area contributed by atoms with Gasteiger partial charge in [-0.05, 0) is 24.3 Å². The minimum Gasteiger partial charge on any atom is -0.283 e. The molecule has 2 rings (SSSR count). The second kappa shape index (κ2) is 7.43. The molecule has 0 bridgehead atoms. The van der Waals surface area contributed by atoms with Crippen molar-refractivity contribution in [3.8, 4) is 0 Å². The second-order valence-corrected chi connectivity index (χ2v) is 8.32. The largest absolute Gasteiger partial charge is 0.460 e. The van der Waals surface area contributed by atoms with Crippen LogP contribution in [0.1, 0.15) is 5.56 Å². The zero-order valence-corrected chi connectivity index (χ0v) is 15.4. The summed E-state index contributed by atoms with van der Waals surface area (Å²) in [5.41, 5.74) is -1.80. The van der Waals surface area contributed by atoms with E-state index in [1.54, 1.807) is 30.3 Å². The van der Waals surface area contributed by atoms with Crippen LogP contribution >= 0.6 is 11.8 Å². The number of halogens is 8. The molecule has 29 heavy (non-hydrogen) atoms. The van der Waals surface area contributed by atoms with Gasteiger partial charge in [-0.15, -0.1) is 0 Å². The van der Waals surface area contributed by atoms with E-state index in [2.05, 4.69) is 0 Å². The Balaban J connectivity index is 2.56. The first kappa shape index (κ1) is 23.4. The van der Waals surface area contributed by atoms with Gasteiger partial charge in [0.2, 0.25) is 0 Å². The third-order valence-corrected chi connectivity index (χ3v) is 5.93. The third kappa shape index (κ3) is 3.94. The van der Waals surface area contributed by atoms with Crippen molar-refractivity contribution in [2.45, 2.75) is 32.8 Å². The van der Waals surface area contributed by atoms with E-state index in [1.165, 1.54) is 0 Å². The van der Waals surface area contributed by atoms with E-state index in [0.717, 1.165) is 23.9 Å². The molecule has 0 amide bonds. The van der Waals surface area contributed by atoms with Gasteiger partial charge in [-0.2, -0.15) is 39.2 Å². The second-order valence-electron chi connectivity index (χ2n) is 5.66. The number of rotatable bonds is 6. The van der Waals surface area contributed by atoms with Gasteiger partial charge < -0.3 is 0 Å². The lowest BCUT2D eigenvalue weighted by Gasteiger charge is -2.36. The molecule has 0 aliphatic carbocycles. The molecular weight excluding hydrogens is 456 g/mol. The fourth-order valence-corrected chi connectivity index (χ4v) is 3.96. The Hall–Kier alpha value is -1.86. The van der Waals surface area contributed by atoms with E-state index in [0.29, 0.717) is 4.90 Å². The van der Waals surface area contributed by atoms with E-state index in [1.807, 2.05) is 0 Å². The van der Waals surface area contributed by atoms with Gasteiger partial charge in [0.1, 0.15) is 0 Å². The van der Waals surface area contributed by atoms with Gasteiger partial charge in [0.05, 0.1) is 0 Å². The summed E-state index contributed by atoms with van der Waals surface area (Å²) in [7, 11) is -6.79. The van der Waals surface area contributed by atoms with Crippen molar-refractivity contribution < 1.29 is 48.1 Å². The van der Waals surface area contributed by atoms with Crippen molar-refractivity contribution in [3.05, 3.63) is 60.2 Å². The molecule has 0 saturated carbocycles. The van der Waals surface area contributed by atoms with E-state index in [-0.39, 0.29) is 17.0 Å². The molecule has 0 aliphatic heterocycles. The first-order valence-corrected chi connectivity index (χ1v) is 9.63. The average molecular weight is 466 g/mol. The predicted octanol–water partition coefficient (Wildman–Crippen LogP) is 5.68. The SMILES string of the molecule is O=S(=O)(O)C(F)(c1ccc(Sc2ccccc2)cc1)C(F)(F)C(F)(F)C(F)(F)F. The zero-order chi connectivity index (χ0) is 22.3. The summed E-state index contributed by atoms with van der Waals surface area (Å²) in [5, 5.41) is -5.77. The summed E-state index contributed by atoms with van der Waals surface area (Å²) >= 11 is 0.982. The maximum absolute atomic E-state index is 14.8. The van der Waals surface area contributed by atoms with E-state index >= 15 is 0 Å². The van der Waals surface area contributed by atoms with Crippen molar-refractivity contribution in [3.63, 3.8) is 0 Å². The molecule has 0 radical (unpaired) electrons. The van der Waals surface area contributed by atoms with E-state index < -0.39 is 38.7 Å². The Morgan fingerprint density at radius 1 is 0.690 bits per heavy atom. The fourth-order valence-electron chi connectivity index (χ4n) is 2.23. The van der Waals surface area contributed by atoms with Crippen LogP contribution in [0.25, 0.3) is 0 Å². The Morgan fingerprint density at radius 3 is 1.55 bits per heavy atom. The molecule has 0 aromatic heterocycles. The van der Waals surface area contributed by atoms with Crippen LogP contribution in [-0.4, -0.2) is 31.0 Å². The van der Waals surface area contributed by atoms with Crippen molar-refractivity contribution in [2.24, 2.45) is 0 Å². The van der Waals surface area contributed by atoms with Crippen molar-refractivity contribution in [2.75, 3.05) is 0 Å². The normalized spacial score (nSPS) is 15.8. The minimum atomic E-state index is -7.11. The van der Waals surface area contributed by atoms with Gasteiger partial charge in [-0.3, -0.25) is 4.55 Å². The van der Waals surface area contributed by atoms with Gasteiger partial charge in [0, 0.05) is 15.4 Å². The van der Waals surface area contributed by atoms with Crippen LogP contribution in [0.3, 0.4) is 0 Å². The molecule has 0 spiro atoms. The predicted molar refractivity (Wildman–Crippen MR) is 87.3 cm³/mol. The Morgan fingerprint density at radius 2 is 1.14 bits per heavy atom. The van der Waals surface area contributed by atoms with Gasteiger partial charge in [0.25, 0.3) is 0 Å². The van der Waals surface area contributed by atoms with Gasteiger partial charge in [-0.1, -0.05) is 42.1 Å². The van der Waals surface area contributed by atoms with Crippen LogP contribution in [-0.2, 0) is 15.1 Å². The summed E-state index contributed by atoms with van der Waals surface area (Å²) in [6, 6.07) is 10.4. The molecule has 2 aromatic carbocycles. The Kier molecular flexibility index (Phi) is 6.00. The monoisotopic (exact) mass is 466 g/mol. The molecule has 13 heteroatoms. The first-order valence-electron chi connectivity index (χ1n) is 7.37. The maximum Gasteiger partial charge on any atom is 0.460 e. The van der Waals surface area contributed by atoms with Crippen molar-refractivity contribution in [1.82, 2.24) is 0 Å². The first-order chi connectivity index (χ1) is 13.1. The summed E-state index contributed by atoms with van der Waals surface area (Å²) in [5.74, 6) is -14.0. The smallest absolute Gasteiger partial charge is 0.283 e. The van der Waals surface area contributed by atoms with Crippen molar-refractivity contribution >= 4 is 21.9 Å². The maximum atomic E-state index is 14.8. The Labute approximate surface area is 163 Å². The number of alkyl halides is 8. The highest BCUT2D eigenvalue weighted by Crippen LogP contribution is 2.57. The van der Waals surface area contributed by atoms with Crippen molar-refractivity contribution in [1.29, 1.82) is 0 Å². The number of hydrogen-bond donors (Lipinski definition) is 1.